The van der Waals surface area contributed by atoms with Gasteiger partial charge in [-0.1, -0.05) is 0 Å². The zero-order valence-electron chi connectivity index (χ0n) is 4.42. The first-order valence-corrected chi connectivity index (χ1v) is 3.00. The fraction of sp³-hybridized carbons (Fsp3) is 0.500. The van der Waals surface area contributed by atoms with Gasteiger partial charge in [0.2, 0.25) is 0 Å². The second-order valence-corrected chi connectivity index (χ2v) is 1.72. The van der Waals surface area contributed by atoms with Gasteiger partial charge in [-0.2, -0.15) is 0 Å². The lowest BCUT2D eigenvalue weighted by molar-refractivity contribution is 0.227. The van der Waals surface area contributed by atoms with E-state index in [4.69, 9.17) is 11.7 Å². The molecule has 0 radical (unpaired) electrons. The van der Waals surface area contributed by atoms with Crippen LogP contribution in [0.25, 0.3) is 0 Å². The first-order chi connectivity index (χ1) is 3.72. The molecule has 2 amide bonds. The Bertz CT molecular complexity index is 86.1. The van der Waals surface area contributed by atoms with Crippen molar-refractivity contribution in [2.75, 3.05) is 6.26 Å². The second kappa shape index (κ2) is 3.53. The molecule has 0 aromatic heterocycles. The van der Waals surface area contributed by atoms with Gasteiger partial charge in [0.1, 0.15) is 0 Å². The number of hydrogen-bond acceptors (Lipinski definition) is 4. The maximum absolute atomic E-state index is 10.3. The van der Waals surface area contributed by atoms with E-state index in [2.05, 4.69) is 0 Å². The van der Waals surface area contributed by atoms with Gasteiger partial charge in [-0.15, -0.1) is 0 Å². The minimum absolute atomic E-state index is 0.516. The van der Waals surface area contributed by atoms with Gasteiger partial charge in [-0.05, 0) is 11.9 Å². The van der Waals surface area contributed by atoms with Crippen LogP contribution in [0.5, 0.6) is 0 Å². The second-order valence-electron chi connectivity index (χ2n) is 0.958. The maximum Gasteiger partial charge on any atom is 0.356 e. The summed E-state index contributed by atoms with van der Waals surface area (Å²) in [5.41, 5.74) is 1.86. The van der Waals surface area contributed by atoms with Crippen molar-refractivity contribution < 1.29 is 4.79 Å². The third-order valence-electron chi connectivity index (χ3n) is 0.520. The summed E-state index contributed by atoms with van der Waals surface area (Å²) in [6.07, 6.45) is 1.66. The van der Waals surface area contributed by atoms with Crippen LogP contribution in [-0.4, -0.2) is 16.7 Å². The van der Waals surface area contributed by atoms with Crippen molar-refractivity contribution in [3.05, 3.63) is 0 Å². The summed E-state index contributed by atoms with van der Waals surface area (Å²) in [6, 6.07) is -0.516. The molecule has 0 rings (SSSR count). The molecular formula is C2H8N4OS. The zero-order chi connectivity index (χ0) is 6.57. The van der Waals surface area contributed by atoms with Crippen molar-refractivity contribution in [2.24, 2.45) is 11.7 Å². The fourth-order valence-corrected chi connectivity index (χ4v) is 0.365. The van der Waals surface area contributed by atoms with Gasteiger partial charge in [0.15, 0.2) is 0 Å². The molecule has 0 aliphatic heterocycles. The van der Waals surface area contributed by atoms with Crippen LogP contribution in [0.2, 0.25) is 0 Å². The van der Waals surface area contributed by atoms with Crippen LogP contribution in [-0.2, 0) is 0 Å². The Hall–Kier alpha value is -0.460. The summed E-state index contributed by atoms with van der Waals surface area (Å²) in [7, 11) is 0. The van der Waals surface area contributed by atoms with Crippen molar-refractivity contribution in [3.8, 4) is 0 Å². The number of nitrogens with zero attached hydrogens (tertiary/aromatic N) is 1. The standard InChI is InChI=1S/C2H8N4OS/c1-8-6(4)2(7)5-3/h3-4H2,1H3,(H,5,7). The Labute approximate surface area is 51.5 Å². The summed E-state index contributed by atoms with van der Waals surface area (Å²) in [4.78, 5) is 10.3. The van der Waals surface area contributed by atoms with Crippen LogP contribution in [0.3, 0.4) is 0 Å². The Kier molecular flexibility index (Phi) is 3.33. The van der Waals surface area contributed by atoms with Crippen LogP contribution in [0.15, 0.2) is 0 Å². The van der Waals surface area contributed by atoms with Crippen LogP contribution < -0.4 is 17.1 Å². The topological polar surface area (TPSA) is 84.4 Å². The number of nitrogens with two attached hydrogens (primary N) is 2. The molecule has 0 aliphatic carbocycles. The summed E-state index contributed by atoms with van der Waals surface area (Å²) in [5.74, 6) is 9.75. The lowest BCUT2D eigenvalue weighted by atomic mass is 11.1. The average Bonchev–Trinajstić information content (AvgIpc) is 1.84. The van der Waals surface area contributed by atoms with E-state index in [1.165, 1.54) is 0 Å². The summed E-state index contributed by atoms with van der Waals surface area (Å²) < 4.78 is 0.889. The van der Waals surface area contributed by atoms with Crippen molar-refractivity contribution in [1.29, 1.82) is 0 Å². The van der Waals surface area contributed by atoms with E-state index in [0.717, 1.165) is 16.4 Å². The fourth-order valence-electron chi connectivity index (χ4n) is 0.147. The molecule has 0 heterocycles. The van der Waals surface area contributed by atoms with Gasteiger partial charge in [0.05, 0.1) is 0 Å². The third kappa shape index (κ3) is 2.01. The van der Waals surface area contributed by atoms with Crippen molar-refractivity contribution in [3.63, 3.8) is 0 Å². The predicted molar refractivity (Wildman–Crippen MR) is 32.3 cm³/mol. The van der Waals surface area contributed by atoms with Crippen LogP contribution >= 0.6 is 11.9 Å². The molecule has 0 atom stereocenters. The average molecular weight is 136 g/mol. The molecular weight excluding hydrogens is 128 g/mol. The van der Waals surface area contributed by atoms with Crippen LogP contribution in [0, 0.1) is 0 Å². The molecule has 0 unspecified atom stereocenters. The number of nitrogens with one attached hydrogen (secondary N) is 1. The number of amides is 2. The number of carbonyl (C=O) groups excluding carboxylic acids is 1. The van der Waals surface area contributed by atoms with E-state index in [1.54, 1.807) is 6.26 Å². The molecule has 0 saturated carbocycles. The van der Waals surface area contributed by atoms with Crippen LogP contribution in [0.1, 0.15) is 0 Å². The van der Waals surface area contributed by atoms with Crippen molar-refractivity contribution in [2.45, 2.75) is 0 Å². The Morgan fingerprint density at radius 2 is 2.38 bits per heavy atom. The van der Waals surface area contributed by atoms with Crippen LogP contribution in [0.4, 0.5) is 4.79 Å². The van der Waals surface area contributed by atoms with Crippen molar-refractivity contribution in [1.82, 2.24) is 9.84 Å². The van der Waals surface area contributed by atoms with Gasteiger partial charge >= 0.3 is 6.03 Å². The smallest absolute Gasteiger partial charge is 0.274 e. The molecule has 6 heteroatoms. The highest BCUT2D eigenvalue weighted by Gasteiger charge is 2.02. The molecule has 0 aliphatic rings. The first-order valence-electron chi connectivity index (χ1n) is 1.82. The molecule has 0 aromatic carbocycles. The minimum atomic E-state index is -0.516. The Morgan fingerprint density at radius 1 is 1.88 bits per heavy atom. The highest BCUT2D eigenvalue weighted by molar-refractivity contribution is 7.96. The van der Waals surface area contributed by atoms with Gasteiger partial charge in [-0.3, -0.25) is 5.43 Å². The largest absolute Gasteiger partial charge is 0.356 e. The lowest BCUT2D eigenvalue weighted by Crippen LogP contribution is -2.43. The number of hydrogen-bond donors (Lipinski definition) is 3. The zero-order valence-corrected chi connectivity index (χ0v) is 5.23. The summed E-state index contributed by atoms with van der Waals surface area (Å²) >= 11 is 1.08. The molecule has 0 fully saturated rings. The Morgan fingerprint density at radius 3 is 2.50 bits per heavy atom. The van der Waals surface area contributed by atoms with Gasteiger partial charge in [-0.25, -0.2) is 20.9 Å². The van der Waals surface area contributed by atoms with Crippen molar-refractivity contribution >= 4 is 18.0 Å². The summed E-state index contributed by atoms with van der Waals surface area (Å²) in [5, 5.41) is 0. The highest BCUT2D eigenvalue weighted by Crippen LogP contribution is 1.94. The predicted octanol–water partition coefficient (Wildman–Crippen LogP) is -0.977. The number of hydrazine groups is 2. The first kappa shape index (κ1) is 7.54. The molecule has 8 heavy (non-hydrogen) atoms. The van der Waals surface area contributed by atoms with E-state index >= 15 is 0 Å². The molecule has 5 nitrogen and oxygen atoms in total. The van der Waals surface area contributed by atoms with Gasteiger partial charge < -0.3 is 0 Å². The normalized spacial score (nSPS) is 8.38. The molecule has 0 bridgehead atoms. The van der Waals surface area contributed by atoms with Gasteiger partial charge in [0.25, 0.3) is 0 Å². The maximum atomic E-state index is 10.3. The molecule has 0 saturated heterocycles. The van der Waals surface area contributed by atoms with E-state index in [1.807, 2.05) is 5.43 Å². The van der Waals surface area contributed by atoms with Gasteiger partial charge in [0, 0.05) is 6.26 Å². The Balaban J connectivity index is 3.46. The third-order valence-corrected chi connectivity index (χ3v) is 1.08. The van der Waals surface area contributed by atoms with E-state index < -0.39 is 6.03 Å². The highest BCUT2D eigenvalue weighted by atomic mass is 32.2. The number of rotatable bonds is 1. The monoisotopic (exact) mass is 136 g/mol. The SMILES string of the molecule is CSN(N)C(=O)NN. The lowest BCUT2D eigenvalue weighted by Gasteiger charge is -2.09. The molecule has 0 aromatic rings. The van der Waals surface area contributed by atoms with E-state index in [-0.39, 0.29) is 0 Å². The van der Waals surface area contributed by atoms with E-state index in [9.17, 15) is 4.79 Å². The number of carbonyl (C=O) groups is 1. The van der Waals surface area contributed by atoms with E-state index in [0.29, 0.717) is 0 Å². The number of urea groups is 1. The molecule has 5 N–H and O–H groups in total. The minimum Gasteiger partial charge on any atom is -0.274 e. The summed E-state index contributed by atoms with van der Waals surface area (Å²) in [6.45, 7) is 0. The molecule has 0 spiro atoms. The molecule has 48 valence electrons. The quantitative estimate of drug-likeness (QED) is 0.187.